The lowest BCUT2D eigenvalue weighted by molar-refractivity contribution is 0.235. The molecule has 2 heteroatoms. The highest BCUT2D eigenvalue weighted by Gasteiger charge is 2.21. The molecular weight excluding hydrogens is 338 g/mol. The quantitative estimate of drug-likeness (QED) is 0.472. The molecule has 0 aliphatic heterocycles. The van der Waals surface area contributed by atoms with Gasteiger partial charge in [-0.3, -0.25) is 0 Å². The Bertz CT molecular complexity index is 720. The van der Waals surface area contributed by atoms with Crippen LogP contribution in [0.15, 0.2) is 54.4 Å². The van der Waals surface area contributed by atoms with E-state index in [0.717, 1.165) is 37.7 Å². The van der Waals surface area contributed by atoms with E-state index in [9.17, 15) is 8.78 Å². The van der Waals surface area contributed by atoms with E-state index < -0.39 is 6.17 Å². The first-order valence-electron chi connectivity index (χ1n) is 10.3. The molecule has 0 spiro atoms. The van der Waals surface area contributed by atoms with E-state index >= 15 is 0 Å². The number of allylic oxidation sites excluding steroid dienone is 1. The molecule has 0 bridgehead atoms. The van der Waals surface area contributed by atoms with Gasteiger partial charge < -0.3 is 0 Å². The molecule has 0 amide bonds. The minimum absolute atomic E-state index is 0.0506. The maximum Gasteiger partial charge on any atom is 0.100 e. The highest BCUT2D eigenvalue weighted by molar-refractivity contribution is 5.51. The van der Waals surface area contributed by atoms with Crippen LogP contribution in [0.25, 0.3) is 6.08 Å². The standard InChI is InChI=1S/C25H30F2/c1-2-3-25(27)18-21-8-6-19(7-9-21)4-5-20-10-12-22(13-11-20)23-14-16-24(26)17-15-23/h6-13,18,23-24H,2-5,14-17H2,1H3/b25-18+. The maximum absolute atomic E-state index is 13.6. The predicted octanol–water partition coefficient (Wildman–Crippen LogP) is 7.58. The zero-order valence-electron chi connectivity index (χ0n) is 16.3. The molecule has 144 valence electrons. The SMILES string of the molecule is CCC/C(F)=C\c1ccc(CCc2ccc(C3CCC(F)CC3)cc2)cc1. The predicted molar refractivity (Wildman–Crippen MR) is 110 cm³/mol. The van der Waals surface area contributed by atoms with Gasteiger partial charge in [0.1, 0.15) is 12.0 Å². The molecule has 0 aromatic heterocycles. The highest BCUT2D eigenvalue weighted by atomic mass is 19.1. The topological polar surface area (TPSA) is 0 Å². The second-order valence-electron chi connectivity index (χ2n) is 7.77. The summed E-state index contributed by atoms with van der Waals surface area (Å²) >= 11 is 0. The minimum atomic E-state index is -0.592. The first-order chi connectivity index (χ1) is 13.1. The Morgan fingerprint density at radius 1 is 0.889 bits per heavy atom. The van der Waals surface area contributed by atoms with Gasteiger partial charge in [0.05, 0.1) is 0 Å². The Hall–Kier alpha value is -1.96. The lowest BCUT2D eigenvalue weighted by Gasteiger charge is -2.24. The molecule has 2 aromatic rings. The molecule has 0 heterocycles. The summed E-state index contributed by atoms with van der Waals surface area (Å²) < 4.78 is 26.9. The van der Waals surface area contributed by atoms with Gasteiger partial charge in [0.25, 0.3) is 0 Å². The summed E-state index contributed by atoms with van der Waals surface area (Å²) in [4.78, 5) is 0. The van der Waals surface area contributed by atoms with Crippen molar-refractivity contribution in [2.45, 2.75) is 70.4 Å². The van der Waals surface area contributed by atoms with Crippen LogP contribution in [0.4, 0.5) is 8.78 Å². The molecule has 2 aromatic carbocycles. The molecule has 3 rings (SSSR count). The number of hydrogen-bond donors (Lipinski definition) is 0. The van der Waals surface area contributed by atoms with Crippen molar-refractivity contribution in [2.75, 3.05) is 0 Å². The van der Waals surface area contributed by atoms with Crippen LogP contribution in [0.1, 0.15) is 73.6 Å². The van der Waals surface area contributed by atoms with E-state index in [0.29, 0.717) is 25.2 Å². The van der Waals surface area contributed by atoms with Crippen molar-refractivity contribution >= 4 is 6.08 Å². The Morgan fingerprint density at radius 2 is 1.44 bits per heavy atom. The van der Waals surface area contributed by atoms with E-state index in [2.05, 4.69) is 36.4 Å². The summed E-state index contributed by atoms with van der Waals surface area (Å²) in [5.74, 6) is 0.477. The Balaban J connectivity index is 1.52. The van der Waals surface area contributed by atoms with Crippen molar-refractivity contribution in [1.82, 2.24) is 0 Å². The van der Waals surface area contributed by atoms with Crippen LogP contribution in [0.5, 0.6) is 0 Å². The second-order valence-corrected chi connectivity index (χ2v) is 7.77. The minimum Gasteiger partial charge on any atom is -0.247 e. The normalized spacial score (nSPS) is 20.6. The molecular formula is C25H30F2. The van der Waals surface area contributed by atoms with Crippen LogP contribution >= 0.6 is 0 Å². The third-order valence-electron chi connectivity index (χ3n) is 5.60. The van der Waals surface area contributed by atoms with Crippen LogP contribution in [-0.4, -0.2) is 6.17 Å². The summed E-state index contributed by atoms with van der Waals surface area (Å²) in [5.41, 5.74) is 4.89. The summed E-state index contributed by atoms with van der Waals surface area (Å²) in [6.07, 6.45) is 7.71. The van der Waals surface area contributed by atoms with E-state index in [-0.39, 0.29) is 5.83 Å². The first kappa shape index (κ1) is 19.8. The fourth-order valence-corrected chi connectivity index (χ4v) is 3.90. The van der Waals surface area contributed by atoms with Crippen LogP contribution in [0.2, 0.25) is 0 Å². The summed E-state index contributed by atoms with van der Waals surface area (Å²) in [6.45, 7) is 1.98. The number of rotatable bonds is 7. The largest absolute Gasteiger partial charge is 0.247 e. The molecule has 0 N–H and O–H groups in total. The molecule has 0 atom stereocenters. The van der Waals surface area contributed by atoms with Crippen molar-refractivity contribution in [3.63, 3.8) is 0 Å². The van der Waals surface area contributed by atoms with Gasteiger partial charge in [0.15, 0.2) is 0 Å². The van der Waals surface area contributed by atoms with Gasteiger partial charge in [0, 0.05) is 0 Å². The maximum atomic E-state index is 13.6. The number of aryl methyl sites for hydroxylation is 2. The van der Waals surface area contributed by atoms with Gasteiger partial charge in [-0.2, -0.15) is 0 Å². The van der Waals surface area contributed by atoms with E-state index in [4.69, 9.17) is 0 Å². The average Bonchev–Trinajstić information content (AvgIpc) is 2.69. The van der Waals surface area contributed by atoms with Crippen LogP contribution in [-0.2, 0) is 12.8 Å². The molecule has 1 fully saturated rings. The number of halogens is 2. The average molecular weight is 369 g/mol. The molecule has 27 heavy (non-hydrogen) atoms. The molecule has 0 nitrogen and oxygen atoms in total. The fraction of sp³-hybridized carbons (Fsp3) is 0.440. The van der Waals surface area contributed by atoms with Gasteiger partial charge in [0.2, 0.25) is 0 Å². The fourth-order valence-electron chi connectivity index (χ4n) is 3.90. The lowest BCUT2D eigenvalue weighted by Crippen LogP contribution is -2.13. The van der Waals surface area contributed by atoms with E-state index in [1.165, 1.54) is 16.7 Å². The van der Waals surface area contributed by atoms with Gasteiger partial charge in [-0.05, 0) is 85.6 Å². The molecule has 0 saturated heterocycles. The molecule has 1 saturated carbocycles. The van der Waals surface area contributed by atoms with Crippen molar-refractivity contribution in [1.29, 1.82) is 0 Å². The van der Waals surface area contributed by atoms with E-state index in [1.807, 2.05) is 19.1 Å². The summed E-state index contributed by atoms with van der Waals surface area (Å²) in [5, 5.41) is 0. The second kappa shape index (κ2) is 9.82. The zero-order valence-corrected chi connectivity index (χ0v) is 16.3. The zero-order chi connectivity index (χ0) is 19.1. The molecule has 1 aliphatic carbocycles. The van der Waals surface area contributed by atoms with Gasteiger partial charge in [-0.15, -0.1) is 0 Å². The van der Waals surface area contributed by atoms with Crippen molar-refractivity contribution < 1.29 is 8.78 Å². The van der Waals surface area contributed by atoms with Crippen LogP contribution in [0.3, 0.4) is 0 Å². The first-order valence-corrected chi connectivity index (χ1v) is 10.3. The van der Waals surface area contributed by atoms with Crippen molar-refractivity contribution in [2.24, 2.45) is 0 Å². The summed E-state index contributed by atoms with van der Waals surface area (Å²) in [7, 11) is 0. The highest BCUT2D eigenvalue weighted by Crippen LogP contribution is 2.34. The Morgan fingerprint density at radius 3 is 2.00 bits per heavy atom. The summed E-state index contributed by atoms with van der Waals surface area (Å²) in [6, 6.07) is 17.1. The Labute approximate surface area is 162 Å². The number of benzene rings is 2. The van der Waals surface area contributed by atoms with E-state index in [1.54, 1.807) is 6.08 Å². The van der Waals surface area contributed by atoms with Crippen LogP contribution in [0, 0.1) is 0 Å². The number of hydrogen-bond acceptors (Lipinski definition) is 0. The van der Waals surface area contributed by atoms with Gasteiger partial charge >= 0.3 is 0 Å². The van der Waals surface area contributed by atoms with Crippen molar-refractivity contribution in [3.05, 3.63) is 76.6 Å². The van der Waals surface area contributed by atoms with Gasteiger partial charge in [-0.25, -0.2) is 8.78 Å². The molecule has 1 aliphatic rings. The van der Waals surface area contributed by atoms with Crippen molar-refractivity contribution in [3.8, 4) is 0 Å². The third kappa shape index (κ3) is 6.02. The van der Waals surface area contributed by atoms with Crippen LogP contribution < -0.4 is 0 Å². The number of alkyl halides is 1. The lowest BCUT2D eigenvalue weighted by atomic mass is 9.83. The smallest absolute Gasteiger partial charge is 0.100 e. The molecule has 0 radical (unpaired) electrons. The molecule has 0 unspecified atom stereocenters. The Kier molecular flexibility index (Phi) is 7.20. The van der Waals surface area contributed by atoms with Gasteiger partial charge in [-0.1, -0.05) is 55.5 Å². The monoisotopic (exact) mass is 368 g/mol. The third-order valence-corrected chi connectivity index (χ3v) is 5.60.